The molecular weight excluding hydrogens is 276 g/mol. The monoisotopic (exact) mass is 294 g/mol. The lowest BCUT2D eigenvalue weighted by atomic mass is 10.0. The zero-order valence-corrected chi connectivity index (χ0v) is 12.5. The average molecular weight is 295 g/mol. The lowest BCUT2D eigenvalue weighted by Gasteiger charge is -2.15. The Kier molecular flexibility index (Phi) is 4.98. The minimum atomic E-state index is 0.102. The number of hydrogen-bond donors (Lipinski definition) is 1. The van der Waals surface area contributed by atoms with Crippen molar-refractivity contribution in [2.75, 3.05) is 0 Å². The molecule has 2 aromatic rings. The van der Waals surface area contributed by atoms with Gasteiger partial charge in [-0.2, -0.15) is 5.10 Å². The quantitative estimate of drug-likeness (QED) is 0.888. The summed E-state index contributed by atoms with van der Waals surface area (Å²) in [5.41, 5.74) is 7.04. The molecule has 2 N–H and O–H groups in total. The van der Waals surface area contributed by atoms with Gasteiger partial charge in [0, 0.05) is 13.1 Å². The van der Waals surface area contributed by atoms with Gasteiger partial charge in [0.1, 0.15) is 18.7 Å². The normalized spacial score (nSPS) is 12.4. The Morgan fingerprint density at radius 3 is 2.90 bits per heavy atom. The Hall–Kier alpha value is -1.59. The van der Waals surface area contributed by atoms with Crippen LogP contribution in [0, 0.1) is 0 Å². The number of halogens is 1. The molecule has 6 heteroatoms. The van der Waals surface area contributed by atoms with Crippen LogP contribution in [0.25, 0.3) is 0 Å². The van der Waals surface area contributed by atoms with Crippen molar-refractivity contribution in [1.29, 1.82) is 0 Å². The van der Waals surface area contributed by atoms with Crippen molar-refractivity contribution in [3.05, 3.63) is 40.9 Å². The number of rotatable bonds is 6. The molecular formula is C14H19ClN4O. The highest BCUT2D eigenvalue weighted by Gasteiger charge is 2.12. The Bertz CT molecular complexity index is 570. The summed E-state index contributed by atoms with van der Waals surface area (Å²) in [6.45, 7) is 2.39. The van der Waals surface area contributed by atoms with E-state index in [9.17, 15) is 0 Å². The minimum absolute atomic E-state index is 0.102. The molecule has 1 heterocycles. The number of aromatic nitrogens is 3. The number of ether oxygens (including phenoxy) is 1. The van der Waals surface area contributed by atoms with Gasteiger partial charge in [-0.05, 0) is 24.5 Å². The van der Waals surface area contributed by atoms with Crippen LogP contribution >= 0.6 is 11.6 Å². The molecule has 0 spiro atoms. The van der Waals surface area contributed by atoms with Crippen LogP contribution < -0.4 is 10.5 Å². The van der Waals surface area contributed by atoms with Gasteiger partial charge >= 0.3 is 0 Å². The van der Waals surface area contributed by atoms with E-state index in [0.717, 1.165) is 24.2 Å². The highest BCUT2D eigenvalue weighted by molar-refractivity contribution is 6.32. The first-order chi connectivity index (χ1) is 9.61. The number of nitrogens with zero attached hydrogens (tertiary/aromatic N) is 3. The largest absolute Gasteiger partial charge is 0.484 e. The van der Waals surface area contributed by atoms with E-state index in [1.54, 1.807) is 4.68 Å². The maximum atomic E-state index is 6.23. The molecule has 0 radical (unpaired) electrons. The van der Waals surface area contributed by atoms with Crippen molar-refractivity contribution in [2.24, 2.45) is 12.8 Å². The second kappa shape index (κ2) is 6.72. The highest BCUT2D eigenvalue weighted by atomic mass is 35.5. The summed E-state index contributed by atoms with van der Waals surface area (Å²) >= 11 is 6.23. The molecule has 0 saturated heterocycles. The van der Waals surface area contributed by atoms with Crippen LogP contribution in [0.3, 0.4) is 0 Å². The van der Waals surface area contributed by atoms with Crippen molar-refractivity contribution >= 4 is 11.6 Å². The van der Waals surface area contributed by atoms with E-state index in [1.165, 1.54) is 6.33 Å². The Labute approximate surface area is 123 Å². The number of para-hydroxylation sites is 1. The zero-order chi connectivity index (χ0) is 14.5. The molecule has 0 saturated carbocycles. The molecule has 0 aliphatic heterocycles. The van der Waals surface area contributed by atoms with Crippen LogP contribution in [0.5, 0.6) is 5.75 Å². The number of aryl methyl sites for hydroxylation is 1. The first-order valence-electron chi connectivity index (χ1n) is 6.60. The molecule has 108 valence electrons. The van der Waals surface area contributed by atoms with Gasteiger partial charge in [-0.1, -0.05) is 30.7 Å². The molecule has 0 aliphatic carbocycles. The Morgan fingerprint density at radius 1 is 1.45 bits per heavy atom. The van der Waals surface area contributed by atoms with Crippen molar-refractivity contribution in [3.63, 3.8) is 0 Å². The minimum Gasteiger partial charge on any atom is -0.484 e. The molecule has 1 aromatic carbocycles. The van der Waals surface area contributed by atoms with E-state index in [1.807, 2.05) is 25.2 Å². The van der Waals surface area contributed by atoms with E-state index < -0.39 is 0 Å². The number of hydrogen-bond acceptors (Lipinski definition) is 4. The molecule has 0 aliphatic rings. The third-order valence-electron chi connectivity index (χ3n) is 3.21. The number of benzene rings is 1. The summed E-state index contributed by atoms with van der Waals surface area (Å²) in [5, 5.41) is 4.60. The van der Waals surface area contributed by atoms with Crippen molar-refractivity contribution in [3.8, 4) is 5.75 Å². The summed E-state index contributed by atoms with van der Waals surface area (Å²) < 4.78 is 7.50. The smallest absolute Gasteiger partial charge is 0.164 e. The van der Waals surface area contributed by atoms with Crippen LogP contribution in [-0.4, -0.2) is 20.8 Å². The first-order valence-corrected chi connectivity index (χ1v) is 6.98. The SMILES string of the molecule is CCC(N)Cc1cccc(Cl)c1OCc1ncnn1C. The maximum Gasteiger partial charge on any atom is 0.164 e. The summed E-state index contributed by atoms with van der Waals surface area (Å²) in [5.74, 6) is 1.43. The molecule has 1 atom stereocenters. The first kappa shape index (κ1) is 14.8. The van der Waals surface area contributed by atoms with Crippen LogP contribution in [0.2, 0.25) is 5.02 Å². The van der Waals surface area contributed by atoms with Crippen LogP contribution in [0.4, 0.5) is 0 Å². The van der Waals surface area contributed by atoms with Gasteiger partial charge in [0.15, 0.2) is 5.82 Å². The van der Waals surface area contributed by atoms with E-state index in [4.69, 9.17) is 22.1 Å². The standard InChI is InChI=1S/C14H19ClN4O/c1-3-11(16)7-10-5-4-6-12(15)14(10)20-8-13-17-9-18-19(13)2/h4-6,9,11H,3,7-8,16H2,1-2H3. The van der Waals surface area contributed by atoms with Crippen molar-refractivity contribution in [1.82, 2.24) is 14.8 Å². The lowest BCUT2D eigenvalue weighted by Crippen LogP contribution is -2.21. The number of nitrogens with two attached hydrogens (primary N) is 1. The third-order valence-corrected chi connectivity index (χ3v) is 3.50. The molecule has 1 aromatic heterocycles. The average Bonchev–Trinajstić information content (AvgIpc) is 2.83. The van der Waals surface area contributed by atoms with Gasteiger partial charge in [0.25, 0.3) is 0 Å². The van der Waals surface area contributed by atoms with E-state index in [0.29, 0.717) is 17.4 Å². The molecule has 5 nitrogen and oxygen atoms in total. The van der Waals surface area contributed by atoms with Crippen molar-refractivity contribution < 1.29 is 4.74 Å². The summed E-state index contributed by atoms with van der Waals surface area (Å²) in [7, 11) is 1.83. The van der Waals surface area contributed by atoms with Gasteiger partial charge in [0.2, 0.25) is 0 Å². The van der Waals surface area contributed by atoms with Crippen LogP contribution in [-0.2, 0) is 20.1 Å². The van der Waals surface area contributed by atoms with Crippen LogP contribution in [0.15, 0.2) is 24.5 Å². The predicted molar refractivity (Wildman–Crippen MR) is 78.8 cm³/mol. The summed E-state index contributed by atoms with van der Waals surface area (Å²) in [4.78, 5) is 4.13. The third kappa shape index (κ3) is 3.49. The van der Waals surface area contributed by atoms with E-state index in [-0.39, 0.29) is 6.04 Å². The Morgan fingerprint density at radius 2 is 2.25 bits per heavy atom. The van der Waals surface area contributed by atoms with Gasteiger partial charge in [-0.15, -0.1) is 0 Å². The molecule has 2 rings (SSSR count). The molecule has 0 fully saturated rings. The van der Waals surface area contributed by atoms with Gasteiger partial charge < -0.3 is 10.5 Å². The predicted octanol–water partition coefficient (Wildman–Crippen LogP) is 2.33. The fraction of sp³-hybridized carbons (Fsp3) is 0.429. The second-order valence-electron chi connectivity index (χ2n) is 4.69. The van der Waals surface area contributed by atoms with E-state index >= 15 is 0 Å². The van der Waals surface area contributed by atoms with E-state index in [2.05, 4.69) is 17.0 Å². The zero-order valence-electron chi connectivity index (χ0n) is 11.7. The topological polar surface area (TPSA) is 66.0 Å². The second-order valence-corrected chi connectivity index (χ2v) is 5.10. The fourth-order valence-corrected chi connectivity index (χ4v) is 2.14. The molecule has 1 unspecified atom stereocenters. The molecule has 0 bridgehead atoms. The molecule has 0 amide bonds. The van der Waals surface area contributed by atoms with Crippen molar-refractivity contribution in [2.45, 2.75) is 32.4 Å². The summed E-state index contributed by atoms with van der Waals surface area (Å²) in [6, 6.07) is 5.82. The van der Waals surface area contributed by atoms with Gasteiger partial charge in [0.05, 0.1) is 5.02 Å². The maximum absolute atomic E-state index is 6.23. The fourth-order valence-electron chi connectivity index (χ4n) is 1.89. The van der Waals surface area contributed by atoms with Gasteiger partial charge in [-0.3, -0.25) is 4.68 Å². The summed E-state index contributed by atoms with van der Waals surface area (Å²) in [6.07, 6.45) is 3.15. The highest BCUT2D eigenvalue weighted by Crippen LogP contribution is 2.30. The van der Waals surface area contributed by atoms with Gasteiger partial charge in [-0.25, -0.2) is 4.98 Å². The van der Waals surface area contributed by atoms with Crippen LogP contribution in [0.1, 0.15) is 24.7 Å². The Balaban J connectivity index is 2.15. The lowest BCUT2D eigenvalue weighted by molar-refractivity contribution is 0.286. The molecule has 20 heavy (non-hydrogen) atoms.